The average Bonchev–Trinajstić information content (AvgIpc) is 2.18. The second-order valence-corrected chi connectivity index (χ2v) is 3.66. The van der Waals surface area contributed by atoms with Crippen molar-refractivity contribution < 1.29 is 4.39 Å². The molecule has 0 radical (unpaired) electrons. The lowest BCUT2D eigenvalue weighted by Gasteiger charge is -2.03. The molecule has 1 aromatic rings. The van der Waals surface area contributed by atoms with Gasteiger partial charge in [-0.15, -0.1) is 0 Å². The van der Waals surface area contributed by atoms with Crippen molar-refractivity contribution in [3.8, 4) is 0 Å². The van der Waals surface area contributed by atoms with Crippen LogP contribution in [-0.4, -0.2) is 0 Å². The maximum Gasteiger partial charge on any atom is 0.130 e. The lowest BCUT2D eigenvalue weighted by molar-refractivity contribution is 0.622. The van der Waals surface area contributed by atoms with Crippen molar-refractivity contribution in [3.63, 3.8) is 0 Å². The van der Waals surface area contributed by atoms with Gasteiger partial charge < -0.3 is 0 Å². The lowest BCUT2D eigenvalue weighted by Crippen LogP contribution is -1.87. The van der Waals surface area contributed by atoms with Crippen LogP contribution in [0.5, 0.6) is 0 Å². The molecule has 1 rings (SSSR count). The molecule has 0 unspecified atom stereocenters. The summed E-state index contributed by atoms with van der Waals surface area (Å²) < 4.78 is 13.2. The van der Waals surface area contributed by atoms with E-state index in [0.29, 0.717) is 5.56 Å². The molecule has 84 valence electrons. The fraction of sp³-hybridized carbons (Fsp3) is 0.429. The van der Waals surface area contributed by atoms with Crippen LogP contribution in [0.1, 0.15) is 45.2 Å². The molecule has 0 aliphatic rings. The summed E-state index contributed by atoms with van der Waals surface area (Å²) in [5.74, 6) is -0.134. The van der Waals surface area contributed by atoms with E-state index >= 15 is 0 Å². The van der Waals surface area contributed by atoms with Crippen LogP contribution in [0.25, 0.3) is 5.57 Å². The van der Waals surface area contributed by atoms with E-state index in [2.05, 4.69) is 13.8 Å². The van der Waals surface area contributed by atoms with Crippen LogP contribution in [0.15, 0.2) is 24.3 Å². The minimum atomic E-state index is -0.134. The molecule has 0 saturated carbocycles. The summed E-state index contributed by atoms with van der Waals surface area (Å²) in [6, 6.07) is 5.30. The third kappa shape index (κ3) is 4.78. The van der Waals surface area contributed by atoms with Gasteiger partial charge in [-0.1, -0.05) is 38.5 Å². The van der Waals surface area contributed by atoms with Crippen molar-refractivity contribution in [1.29, 1.82) is 0 Å². The molecule has 0 fully saturated rings. The summed E-state index contributed by atoms with van der Waals surface area (Å²) in [6.07, 6.45) is 3.16. The second-order valence-electron chi connectivity index (χ2n) is 3.66. The van der Waals surface area contributed by atoms with Gasteiger partial charge in [0.15, 0.2) is 0 Å². The van der Waals surface area contributed by atoms with Crippen molar-refractivity contribution in [3.05, 3.63) is 41.2 Å². The van der Waals surface area contributed by atoms with Crippen LogP contribution < -0.4 is 0 Å². The van der Waals surface area contributed by atoms with Gasteiger partial charge in [0.1, 0.15) is 5.82 Å². The molecule has 0 aliphatic heterocycles. The first kappa shape index (κ1) is 13.9. The molecule has 0 saturated heterocycles. The Morgan fingerprint density at radius 1 is 1.33 bits per heavy atom. The highest BCUT2D eigenvalue weighted by Crippen LogP contribution is 2.18. The van der Waals surface area contributed by atoms with E-state index in [1.165, 1.54) is 6.42 Å². The van der Waals surface area contributed by atoms with Crippen LogP contribution in [0.3, 0.4) is 0 Å². The summed E-state index contributed by atoms with van der Waals surface area (Å²) in [5, 5.41) is 0. The Hall–Kier alpha value is -1.11. The largest absolute Gasteiger partial charge is 0.206 e. The highest BCUT2D eigenvalue weighted by molar-refractivity contribution is 5.63. The number of hydrogen-bond donors (Lipinski definition) is 0. The monoisotopic (exact) mass is 208 g/mol. The Morgan fingerprint density at radius 3 is 2.27 bits per heavy atom. The zero-order valence-corrected chi connectivity index (χ0v) is 10.4. The van der Waals surface area contributed by atoms with E-state index in [-0.39, 0.29) is 5.82 Å². The van der Waals surface area contributed by atoms with E-state index in [4.69, 9.17) is 0 Å². The van der Waals surface area contributed by atoms with Crippen molar-refractivity contribution >= 4 is 5.57 Å². The summed E-state index contributed by atoms with van der Waals surface area (Å²) in [4.78, 5) is 0. The van der Waals surface area contributed by atoms with Gasteiger partial charge >= 0.3 is 0 Å². The SMILES string of the molecule is C/C=C(/C)c1ccc(C)cc1F.CCC. The zero-order chi connectivity index (χ0) is 11.8. The van der Waals surface area contributed by atoms with Gasteiger partial charge in [-0.2, -0.15) is 0 Å². The van der Waals surface area contributed by atoms with Crippen molar-refractivity contribution in [2.45, 2.75) is 41.0 Å². The molecule has 0 nitrogen and oxygen atoms in total. The second kappa shape index (κ2) is 7.22. The molecule has 15 heavy (non-hydrogen) atoms. The van der Waals surface area contributed by atoms with Crippen LogP contribution in [0.2, 0.25) is 0 Å². The van der Waals surface area contributed by atoms with Crippen molar-refractivity contribution in [1.82, 2.24) is 0 Å². The summed E-state index contributed by atoms with van der Waals surface area (Å²) >= 11 is 0. The van der Waals surface area contributed by atoms with Crippen molar-refractivity contribution in [2.24, 2.45) is 0 Å². The van der Waals surface area contributed by atoms with Gasteiger partial charge in [-0.05, 0) is 38.0 Å². The highest BCUT2D eigenvalue weighted by Gasteiger charge is 2.01. The molecule has 0 aliphatic carbocycles. The standard InChI is InChI=1S/C11H13F.C3H8/c1-4-9(3)10-6-5-8(2)7-11(10)12;1-3-2/h4-7H,1-3H3;3H2,1-2H3/b9-4-;. The summed E-state index contributed by atoms with van der Waals surface area (Å²) in [7, 11) is 0. The molecule has 0 bridgehead atoms. The number of aryl methyl sites for hydroxylation is 1. The van der Waals surface area contributed by atoms with E-state index < -0.39 is 0 Å². The van der Waals surface area contributed by atoms with Crippen LogP contribution >= 0.6 is 0 Å². The molecule has 1 aromatic carbocycles. The number of benzene rings is 1. The van der Waals surface area contributed by atoms with Crippen LogP contribution in [-0.2, 0) is 0 Å². The van der Waals surface area contributed by atoms with Crippen molar-refractivity contribution in [2.75, 3.05) is 0 Å². The minimum Gasteiger partial charge on any atom is -0.206 e. The first-order chi connectivity index (χ1) is 7.06. The molecule has 0 heterocycles. The van der Waals surface area contributed by atoms with Gasteiger partial charge in [0, 0.05) is 5.56 Å². The fourth-order valence-electron chi connectivity index (χ4n) is 1.10. The summed E-state index contributed by atoms with van der Waals surface area (Å²) in [5.41, 5.74) is 2.63. The maximum atomic E-state index is 13.2. The molecule has 0 N–H and O–H groups in total. The Kier molecular flexibility index (Phi) is 6.68. The topological polar surface area (TPSA) is 0 Å². The lowest BCUT2D eigenvalue weighted by atomic mass is 10.1. The average molecular weight is 208 g/mol. The van der Waals surface area contributed by atoms with Gasteiger partial charge in [-0.3, -0.25) is 0 Å². The number of allylic oxidation sites excluding steroid dienone is 2. The predicted molar refractivity (Wildman–Crippen MR) is 66.4 cm³/mol. The van der Waals surface area contributed by atoms with E-state index in [1.807, 2.05) is 39.0 Å². The third-order valence-corrected chi connectivity index (χ3v) is 1.98. The Bertz CT molecular complexity index is 324. The Morgan fingerprint density at radius 2 is 1.87 bits per heavy atom. The van der Waals surface area contributed by atoms with Crippen LogP contribution in [0.4, 0.5) is 4.39 Å². The van der Waals surface area contributed by atoms with Crippen LogP contribution in [0, 0.1) is 12.7 Å². The maximum absolute atomic E-state index is 13.2. The molecule has 0 amide bonds. The quantitative estimate of drug-likeness (QED) is 0.611. The molecule has 0 aromatic heterocycles. The summed E-state index contributed by atoms with van der Waals surface area (Å²) in [6.45, 7) is 9.96. The number of rotatable bonds is 1. The Labute approximate surface area is 92.8 Å². The number of hydrogen-bond acceptors (Lipinski definition) is 0. The third-order valence-electron chi connectivity index (χ3n) is 1.98. The first-order valence-corrected chi connectivity index (χ1v) is 5.46. The first-order valence-electron chi connectivity index (χ1n) is 5.46. The van der Waals surface area contributed by atoms with E-state index in [9.17, 15) is 4.39 Å². The molecule has 1 heteroatoms. The normalized spacial score (nSPS) is 10.7. The minimum absolute atomic E-state index is 0.134. The van der Waals surface area contributed by atoms with Gasteiger partial charge in [0.25, 0.3) is 0 Å². The zero-order valence-electron chi connectivity index (χ0n) is 10.4. The van der Waals surface area contributed by atoms with Gasteiger partial charge in [-0.25, -0.2) is 4.39 Å². The molecule has 0 spiro atoms. The van der Waals surface area contributed by atoms with Gasteiger partial charge in [0.05, 0.1) is 0 Å². The molecular formula is C14H21F. The smallest absolute Gasteiger partial charge is 0.130 e. The predicted octanol–water partition coefficient (Wildman–Crippen LogP) is 4.97. The van der Waals surface area contributed by atoms with Gasteiger partial charge in [0.2, 0.25) is 0 Å². The van der Waals surface area contributed by atoms with E-state index in [0.717, 1.165) is 11.1 Å². The Balaban J connectivity index is 0.000000583. The molecule has 0 atom stereocenters. The fourth-order valence-corrected chi connectivity index (χ4v) is 1.10. The van der Waals surface area contributed by atoms with E-state index in [1.54, 1.807) is 6.07 Å². The number of halogens is 1. The highest BCUT2D eigenvalue weighted by atomic mass is 19.1. The molecular weight excluding hydrogens is 187 g/mol.